The number of amides is 1. The van der Waals surface area contributed by atoms with Crippen molar-refractivity contribution in [3.63, 3.8) is 0 Å². The highest BCUT2D eigenvalue weighted by Gasteiger charge is 2.44. The van der Waals surface area contributed by atoms with Gasteiger partial charge in [0.1, 0.15) is 0 Å². The van der Waals surface area contributed by atoms with Gasteiger partial charge in [-0.1, -0.05) is 48.5 Å². The number of rotatable bonds is 8. The van der Waals surface area contributed by atoms with Crippen molar-refractivity contribution in [2.75, 3.05) is 27.2 Å². The van der Waals surface area contributed by atoms with E-state index in [1.807, 2.05) is 91.4 Å². The van der Waals surface area contributed by atoms with E-state index >= 15 is 0 Å². The summed E-state index contributed by atoms with van der Waals surface area (Å²) in [5.41, 5.74) is 3.14. The van der Waals surface area contributed by atoms with Gasteiger partial charge in [0.2, 0.25) is 0 Å². The Morgan fingerprint density at radius 1 is 1.06 bits per heavy atom. The number of aromatic nitrogens is 1. The van der Waals surface area contributed by atoms with E-state index in [0.29, 0.717) is 19.5 Å². The number of Topliss-reactive ketones (excluding diaryl/α,β-unsaturated/α-hetero) is 1. The van der Waals surface area contributed by atoms with Gasteiger partial charge in [-0.2, -0.15) is 0 Å². The standard InChI is InChI=1S/C26H29N3O3/c1-27(2)15-16-29-24(20-17-28(3)21-12-8-7-11-19(20)21)23(25(31)26(29)32)22(30)14-13-18-9-5-4-6-10-18/h4-12,17,24,31H,13-16H2,1-3H3. The van der Waals surface area contributed by atoms with E-state index in [2.05, 4.69) is 0 Å². The van der Waals surface area contributed by atoms with Crippen molar-refractivity contribution < 1.29 is 14.7 Å². The molecule has 6 heteroatoms. The van der Waals surface area contributed by atoms with Gasteiger partial charge in [-0.05, 0) is 32.1 Å². The molecule has 0 fully saturated rings. The first-order valence-electron chi connectivity index (χ1n) is 10.9. The number of hydrogen-bond donors (Lipinski definition) is 1. The van der Waals surface area contributed by atoms with Crippen LogP contribution in [-0.4, -0.2) is 58.3 Å². The fourth-order valence-electron chi connectivity index (χ4n) is 4.43. The van der Waals surface area contributed by atoms with Crippen molar-refractivity contribution in [3.8, 4) is 0 Å². The monoisotopic (exact) mass is 431 g/mol. The smallest absolute Gasteiger partial charge is 0.290 e. The maximum atomic E-state index is 13.4. The lowest BCUT2D eigenvalue weighted by Crippen LogP contribution is -2.36. The number of hydrogen-bond acceptors (Lipinski definition) is 4. The highest BCUT2D eigenvalue weighted by atomic mass is 16.3. The van der Waals surface area contributed by atoms with Crippen LogP contribution in [0.15, 0.2) is 72.1 Å². The Morgan fingerprint density at radius 3 is 2.47 bits per heavy atom. The van der Waals surface area contributed by atoms with Gasteiger partial charge in [0.05, 0.1) is 11.6 Å². The van der Waals surface area contributed by atoms with Crippen LogP contribution in [0.5, 0.6) is 0 Å². The van der Waals surface area contributed by atoms with Crippen molar-refractivity contribution in [3.05, 3.63) is 83.3 Å². The molecule has 2 aromatic carbocycles. The molecule has 6 nitrogen and oxygen atoms in total. The van der Waals surface area contributed by atoms with Crippen molar-refractivity contribution >= 4 is 22.6 Å². The number of aryl methyl sites for hydroxylation is 2. The summed E-state index contributed by atoms with van der Waals surface area (Å²) in [7, 11) is 5.83. The molecule has 32 heavy (non-hydrogen) atoms. The predicted molar refractivity (Wildman–Crippen MR) is 125 cm³/mol. The van der Waals surface area contributed by atoms with Gasteiger partial charge >= 0.3 is 0 Å². The molecule has 0 radical (unpaired) electrons. The number of ketones is 1. The van der Waals surface area contributed by atoms with Crippen LogP contribution >= 0.6 is 0 Å². The number of carbonyl (C=O) groups is 2. The van der Waals surface area contributed by atoms with Gasteiger partial charge in [-0.3, -0.25) is 9.59 Å². The van der Waals surface area contributed by atoms with E-state index in [9.17, 15) is 14.7 Å². The maximum Gasteiger partial charge on any atom is 0.290 e. The van der Waals surface area contributed by atoms with Crippen LogP contribution in [0.3, 0.4) is 0 Å². The summed E-state index contributed by atoms with van der Waals surface area (Å²) < 4.78 is 2.00. The molecule has 0 saturated carbocycles. The highest BCUT2D eigenvalue weighted by molar-refractivity contribution is 6.09. The summed E-state index contributed by atoms with van der Waals surface area (Å²) in [6.45, 7) is 1.05. The molecule has 1 amide bonds. The highest BCUT2D eigenvalue weighted by Crippen LogP contribution is 2.41. The largest absolute Gasteiger partial charge is 0.503 e. The minimum Gasteiger partial charge on any atom is -0.503 e. The Balaban J connectivity index is 1.73. The van der Waals surface area contributed by atoms with Crippen molar-refractivity contribution in [1.29, 1.82) is 0 Å². The summed E-state index contributed by atoms with van der Waals surface area (Å²) in [5.74, 6) is -1.09. The zero-order valence-corrected chi connectivity index (χ0v) is 18.8. The van der Waals surface area contributed by atoms with E-state index < -0.39 is 17.7 Å². The second-order valence-electron chi connectivity index (χ2n) is 8.59. The number of carbonyl (C=O) groups excluding carboxylic acids is 2. The molecule has 4 rings (SSSR count). The molecule has 0 spiro atoms. The van der Waals surface area contributed by atoms with Gasteiger partial charge < -0.3 is 19.5 Å². The minimum absolute atomic E-state index is 0.190. The number of aliphatic hydroxyl groups excluding tert-OH is 1. The lowest BCUT2D eigenvalue weighted by Gasteiger charge is -2.27. The average molecular weight is 432 g/mol. The summed E-state index contributed by atoms with van der Waals surface area (Å²) >= 11 is 0. The molecule has 3 aromatic rings. The summed E-state index contributed by atoms with van der Waals surface area (Å²) in [4.78, 5) is 30.1. The quantitative estimate of drug-likeness (QED) is 0.591. The third kappa shape index (κ3) is 4.06. The van der Waals surface area contributed by atoms with Gasteiger partial charge in [-0.15, -0.1) is 0 Å². The summed E-state index contributed by atoms with van der Waals surface area (Å²) in [5, 5.41) is 11.8. The second-order valence-corrected chi connectivity index (χ2v) is 8.59. The van der Waals surface area contributed by atoms with E-state index in [1.54, 1.807) is 4.90 Å². The van der Waals surface area contributed by atoms with Crippen LogP contribution in [-0.2, 0) is 23.1 Å². The van der Waals surface area contributed by atoms with Crippen LogP contribution in [0.4, 0.5) is 0 Å². The average Bonchev–Trinajstić information content (AvgIpc) is 3.25. The van der Waals surface area contributed by atoms with Gasteiger partial charge in [0.25, 0.3) is 5.91 Å². The molecule has 1 aliphatic rings. The number of fused-ring (bicyclic) bond motifs is 1. The normalized spacial score (nSPS) is 16.6. The van der Waals surface area contributed by atoms with Crippen molar-refractivity contribution in [1.82, 2.24) is 14.4 Å². The zero-order chi connectivity index (χ0) is 22.8. The first-order chi connectivity index (χ1) is 15.4. The Labute approximate surface area is 188 Å². The fourth-order valence-corrected chi connectivity index (χ4v) is 4.43. The molecule has 1 N–H and O–H groups in total. The lowest BCUT2D eigenvalue weighted by molar-refractivity contribution is -0.129. The summed E-state index contributed by atoms with van der Waals surface area (Å²) in [6.07, 6.45) is 2.76. The Hall–Kier alpha value is -3.38. The number of likely N-dealkylation sites (N-methyl/N-ethyl adjacent to an activating group) is 1. The van der Waals surface area contributed by atoms with Gasteiger partial charge in [0, 0.05) is 49.2 Å². The van der Waals surface area contributed by atoms with E-state index in [0.717, 1.165) is 22.0 Å². The molecule has 1 atom stereocenters. The molecule has 2 heterocycles. The van der Waals surface area contributed by atoms with Crippen LogP contribution in [0.2, 0.25) is 0 Å². The predicted octanol–water partition coefficient (Wildman–Crippen LogP) is 3.64. The third-order valence-corrected chi connectivity index (χ3v) is 6.10. The first kappa shape index (κ1) is 21.8. The molecule has 1 aliphatic heterocycles. The zero-order valence-electron chi connectivity index (χ0n) is 18.8. The molecule has 0 aliphatic carbocycles. The molecule has 1 unspecified atom stereocenters. The van der Waals surface area contributed by atoms with E-state index in [1.165, 1.54) is 0 Å². The van der Waals surface area contributed by atoms with Crippen molar-refractivity contribution in [2.45, 2.75) is 18.9 Å². The molecule has 166 valence electrons. The molecule has 0 saturated heterocycles. The molecule has 0 bridgehead atoms. The minimum atomic E-state index is -0.600. The molecular weight excluding hydrogens is 402 g/mol. The third-order valence-electron chi connectivity index (χ3n) is 6.10. The van der Waals surface area contributed by atoms with E-state index in [-0.39, 0.29) is 17.8 Å². The molecular formula is C26H29N3O3. The lowest BCUT2D eigenvalue weighted by atomic mass is 9.93. The number of benzene rings is 2. The Bertz CT molecular complexity index is 1180. The number of aliphatic hydroxyl groups is 1. The van der Waals surface area contributed by atoms with Crippen LogP contribution in [0, 0.1) is 0 Å². The second kappa shape index (κ2) is 9.01. The topological polar surface area (TPSA) is 65.8 Å². The Morgan fingerprint density at radius 2 is 1.75 bits per heavy atom. The van der Waals surface area contributed by atoms with Crippen LogP contribution in [0.1, 0.15) is 23.6 Å². The summed E-state index contributed by atoms with van der Waals surface area (Å²) in [6, 6.07) is 17.1. The van der Waals surface area contributed by atoms with Gasteiger partial charge in [0.15, 0.2) is 11.5 Å². The van der Waals surface area contributed by atoms with Crippen LogP contribution < -0.4 is 0 Å². The van der Waals surface area contributed by atoms with Crippen LogP contribution in [0.25, 0.3) is 10.9 Å². The molecule has 1 aromatic heterocycles. The van der Waals surface area contributed by atoms with Gasteiger partial charge in [-0.25, -0.2) is 0 Å². The fraction of sp³-hybridized carbons (Fsp3) is 0.308. The SMILES string of the molecule is CN(C)CCN1C(=O)C(O)=C(C(=O)CCc2ccccc2)C1c1cn(C)c2ccccc12. The van der Waals surface area contributed by atoms with E-state index in [4.69, 9.17) is 0 Å². The number of nitrogens with zero attached hydrogens (tertiary/aromatic N) is 3. The first-order valence-corrected chi connectivity index (χ1v) is 10.9. The van der Waals surface area contributed by atoms with Crippen molar-refractivity contribution in [2.24, 2.45) is 7.05 Å². The maximum absolute atomic E-state index is 13.4. The Kier molecular flexibility index (Phi) is 6.15. The number of para-hydroxylation sites is 1.